The van der Waals surface area contributed by atoms with Gasteiger partial charge in [-0.15, -0.1) is 0 Å². The molecule has 2 aromatic rings. The van der Waals surface area contributed by atoms with Crippen molar-refractivity contribution in [3.8, 4) is 0 Å². The number of hydrogen-bond acceptors (Lipinski definition) is 4. The maximum atomic E-state index is 13.0. The summed E-state index contributed by atoms with van der Waals surface area (Å²) in [4.78, 5) is 13.1. The largest absolute Gasteiger partial charge is 0.374 e. The highest BCUT2D eigenvalue weighted by Gasteiger charge is 2.32. The van der Waals surface area contributed by atoms with Crippen LogP contribution < -0.4 is 5.32 Å². The highest BCUT2D eigenvalue weighted by molar-refractivity contribution is 7.89. The molecule has 0 saturated carbocycles. The van der Waals surface area contributed by atoms with E-state index < -0.39 is 10.0 Å². The standard InChI is InChI=1S/C25H34N2O4S/c1-18(2)31-17-23-8-6-5-7-22(23)16-26-25(28)21-11-13-27(14-12-21)32(29,30)24-10-9-19(3)20(4)15-24/h5-10,15,18,21H,11-14,16-17H2,1-4H3,(H,26,28). The molecule has 1 N–H and O–H groups in total. The molecule has 0 atom stereocenters. The zero-order valence-electron chi connectivity index (χ0n) is 19.4. The molecule has 6 nitrogen and oxygen atoms in total. The minimum absolute atomic E-state index is 0.0205. The van der Waals surface area contributed by atoms with Crippen molar-refractivity contribution in [1.82, 2.24) is 9.62 Å². The number of aryl methyl sites for hydroxylation is 2. The quantitative estimate of drug-likeness (QED) is 0.650. The Balaban J connectivity index is 1.55. The second-order valence-electron chi connectivity index (χ2n) is 8.77. The van der Waals surface area contributed by atoms with Gasteiger partial charge in [-0.1, -0.05) is 30.3 Å². The van der Waals surface area contributed by atoms with Gasteiger partial charge in [0.25, 0.3) is 0 Å². The van der Waals surface area contributed by atoms with E-state index in [2.05, 4.69) is 5.32 Å². The van der Waals surface area contributed by atoms with Crippen LogP contribution in [0.3, 0.4) is 0 Å². The summed E-state index contributed by atoms with van der Waals surface area (Å²) in [6.07, 6.45) is 1.19. The van der Waals surface area contributed by atoms with Gasteiger partial charge in [0.1, 0.15) is 0 Å². The van der Waals surface area contributed by atoms with Crippen molar-refractivity contribution in [2.24, 2.45) is 5.92 Å². The van der Waals surface area contributed by atoms with Crippen molar-refractivity contribution in [3.05, 3.63) is 64.7 Å². The molecule has 0 aromatic heterocycles. The monoisotopic (exact) mass is 458 g/mol. The van der Waals surface area contributed by atoms with Crippen LogP contribution in [-0.2, 0) is 32.7 Å². The van der Waals surface area contributed by atoms with Gasteiger partial charge in [-0.05, 0) is 74.9 Å². The molecule has 0 bridgehead atoms. The van der Waals surface area contributed by atoms with Crippen LogP contribution in [0.1, 0.15) is 48.9 Å². The Labute approximate surface area is 192 Å². The number of piperidine rings is 1. The Morgan fingerprint density at radius 3 is 2.34 bits per heavy atom. The fourth-order valence-corrected chi connectivity index (χ4v) is 5.39. The molecule has 0 radical (unpaired) electrons. The van der Waals surface area contributed by atoms with Gasteiger partial charge in [-0.3, -0.25) is 4.79 Å². The molecular weight excluding hydrogens is 424 g/mol. The van der Waals surface area contributed by atoms with E-state index in [1.54, 1.807) is 12.1 Å². The zero-order chi connectivity index (χ0) is 23.3. The number of benzene rings is 2. The number of nitrogens with one attached hydrogen (secondary N) is 1. The second-order valence-corrected chi connectivity index (χ2v) is 10.7. The summed E-state index contributed by atoms with van der Waals surface area (Å²) >= 11 is 0. The van der Waals surface area contributed by atoms with Crippen molar-refractivity contribution in [2.75, 3.05) is 13.1 Å². The number of carbonyl (C=O) groups excluding carboxylic acids is 1. The Hall–Kier alpha value is -2.22. The highest BCUT2D eigenvalue weighted by Crippen LogP contribution is 2.25. The molecule has 7 heteroatoms. The van der Waals surface area contributed by atoms with E-state index in [-0.39, 0.29) is 17.9 Å². The predicted octanol–water partition coefficient (Wildman–Crippen LogP) is 3.95. The van der Waals surface area contributed by atoms with E-state index in [0.29, 0.717) is 44.0 Å². The van der Waals surface area contributed by atoms with Crippen LogP contribution in [-0.4, -0.2) is 37.8 Å². The van der Waals surface area contributed by atoms with E-state index in [9.17, 15) is 13.2 Å². The lowest BCUT2D eigenvalue weighted by molar-refractivity contribution is -0.126. The lowest BCUT2D eigenvalue weighted by atomic mass is 9.97. The number of amides is 1. The van der Waals surface area contributed by atoms with Crippen molar-refractivity contribution < 1.29 is 17.9 Å². The van der Waals surface area contributed by atoms with Crippen molar-refractivity contribution >= 4 is 15.9 Å². The third kappa shape index (κ3) is 5.97. The van der Waals surface area contributed by atoms with Crippen molar-refractivity contribution in [3.63, 3.8) is 0 Å². The molecule has 174 valence electrons. The predicted molar refractivity (Wildman–Crippen MR) is 126 cm³/mol. The Kier molecular flexibility index (Phi) is 8.09. The smallest absolute Gasteiger partial charge is 0.243 e. The molecule has 0 aliphatic carbocycles. The first-order chi connectivity index (χ1) is 15.2. The van der Waals surface area contributed by atoms with E-state index in [1.165, 1.54) is 4.31 Å². The average molecular weight is 459 g/mol. The van der Waals surface area contributed by atoms with Gasteiger partial charge in [0.05, 0.1) is 17.6 Å². The molecule has 1 aliphatic heterocycles. The molecule has 3 rings (SSSR count). The molecule has 1 aliphatic rings. The van der Waals surface area contributed by atoms with Gasteiger partial charge in [0.15, 0.2) is 0 Å². The van der Waals surface area contributed by atoms with Crippen molar-refractivity contribution in [1.29, 1.82) is 0 Å². The van der Waals surface area contributed by atoms with Crippen LogP contribution in [0.5, 0.6) is 0 Å². The molecular formula is C25H34N2O4S. The average Bonchev–Trinajstić information content (AvgIpc) is 2.78. The summed E-state index contributed by atoms with van der Waals surface area (Å²) in [5.74, 6) is -0.201. The third-order valence-corrected chi connectivity index (χ3v) is 7.98. The van der Waals surface area contributed by atoms with Gasteiger partial charge in [0.2, 0.25) is 15.9 Å². The van der Waals surface area contributed by atoms with Gasteiger partial charge in [-0.2, -0.15) is 4.31 Å². The Bertz CT molecular complexity index is 1040. The van der Waals surface area contributed by atoms with E-state index in [0.717, 1.165) is 22.3 Å². The third-order valence-electron chi connectivity index (χ3n) is 6.08. The number of sulfonamides is 1. The summed E-state index contributed by atoms with van der Waals surface area (Å²) in [5.41, 5.74) is 4.13. The summed E-state index contributed by atoms with van der Waals surface area (Å²) in [7, 11) is -3.54. The molecule has 0 unspecified atom stereocenters. The van der Waals surface area contributed by atoms with Crippen LogP contribution >= 0.6 is 0 Å². The van der Waals surface area contributed by atoms with Crippen LogP contribution in [0.25, 0.3) is 0 Å². The lowest BCUT2D eigenvalue weighted by Crippen LogP contribution is -2.42. The first-order valence-corrected chi connectivity index (χ1v) is 12.7. The molecule has 0 spiro atoms. The SMILES string of the molecule is Cc1ccc(S(=O)(=O)N2CCC(C(=O)NCc3ccccc3COC(C)C)CC2)cc1C. The molecule has 32 heavy (non-hydrogen) atoms. The fourth-order valence-electron chi connectivity index (χ4n) is 3.84. The second kappa shape index (κ2) is 10.6. The Morgan fingerprint density at radius 2 is 1.72 bits per heavy atom. The van der Waals surface area contributed by atoms with Crippen LogP contribution in [0.2, 0.25) is 0 Å². The number of ether oxygens (including phenoxy) is 1. The van der Waals surface area contributed by atoms with Gasteiger partial charge in [0, 0.05) is 25.6 Å². The Morgan fingerprint density at radius 1 is 1.06 bits per heavy atom. The minimum Gasteiger partial charge on any atom is -0.374 e. The molecule has 1 amide bonds. The summed E-state index contributed by atoms with van der Waals surface area (Å²) in [6.45, 7) is 9.53. The number of carbonyl (C=O) groups is 1. The highest BCUT2D eigenvalue weighted by atomic mass is 32.2. The van der Waals surface area contributed by atoms with Crippen molar-refractivity contribution in [2.45, 2.75) is 64.7 Å². The first kappa shape index (κ1) is 24.4. The summed E-state index contributed by atoms with van der Waals surface area (Å²) in [6, 6.07) is 13.2. The van der Waals surface area contributed by atoms with Gasteiger partial charge >= 0.3 is 0 Å². The van der Waals surface area contributed by atoms with Crippen LogP contribution in [0.15, 0.2) is 47.4 Å². The lowest BCUT2D eigenvalue weighted by Gasteiger charge is -2.30. The van der Waals surface area contributed by atoms with E-state index in [1.807, 2.05) is 58.0 Å². The zero-order valence-corrected chi connectivity index (χ0v) is 20.2. The van der Waals surface area contributed by atoms with Gasteiger partial charge < -0.3 is 10.1 Å². The topological polar surface area (TPSA) is 75.7 Å². The van der Waals surface area contributed by atoms with Crippen LogP contribution in [0, 0.1) is 19.8 Å². The summed E-state index contributed by atoms with van der Waals surface area (Å²) < 4.78 is 33.2. The molecule has 1 saturated heterocycles. The summed E-state index contributed by atoms with van der Waals surface area (Å²) in [5, 5.41) is 3.03. The molecule has 1 fully saturated rings. The van der Waals surface area contributed by atoms with Gasteiger partial charge in [-0.25, -0.2) is 8.42 Å². The minimum atomic E-state index is -3.54. The van der Waals surface area contributed by atoms with E-state index >= 15 is 0 Å². The first-order valence-electron chi connectivity index (χ1n) is 11.2. The maximum Gasteiger partial charge on any atom is 0.243 e. The fraction of sp³-hybridized carbons (Fsp3) is 0.480. The van der Waals surface area contributed by atoms with Crippen LogP contribution in [0.4, 0.5) is 0 Å². The molecule has 2 aromatic carbocycles. The van der Waals surface area contributed by atoms with E-state index in [4.69, 9.17) is 4.74 Å². The number of hydrogen-bond donors (Lipinski definition) is 1. The maximum absolute atomic E-state index is 13.0. The molecule has 1 heterocycles. The number of rotatable bonds is 8. The normalized spacial score (nSPS) is 15.8. The number of nitrogens with zero attached hydrogens (tertiary/aromatic N) is 1.